The SMILES string of the molecule is CC(C)(C)C[C@H]1N[C@@H](C(=O)NCCCC2C[C@@H](O)[C@H](O)C2)[C@H](c2ccc(F)c(Cl)c2)[C@@]12C(=O)Nc1cc(Cl)c(F)cc12. The quantitative estimate of drug-likeness (QED) is 0.277. The molecule has 5 N–H and O–H groups in total. The summed E-state index contributed by atoms with van der Waals surface area (Å²) in [5.74, 6) is -2.76. The predicted molar refractivity (Wildman–Crippen MR) is 158 cm³/mol. The second-order valence-electron chi connectivity index (χ2n) is 13.2. The van der Waals surface area contributed by atoms with Crippen molar-refractivity contribution in [2.24, 2.45) is 11.3 Å². The number of benzene rings is 2. The van der Waals surface area contributed by atoms with Crippen molar-refractivity contribution in [3.8, 4) is 0 Å². The zero-order chi connectivity index (χ0) is 30.6. The molecule has 6 atom stereocenters. The summed E-state index contributed by atoms with van der Waals surface area (Å²) in [6, 6.07) is 5.28. The first-order valence-corrected chi connectivity index (χ1v) is 15.1. The first-order valence-electron chi connectivity index (χ1n) is 14.4. The Morgan fingerprint density at radius 1 is 1.07 bits per heavy atom. The summed E-state index contributed by atoms with van der Waals surface area (Å²) in [4.78, 5) is 28.0. The Hall–Kier alpha value is -2.30. The lowest BCUT2D eigenvalue weighted by Gasteiger charge is -2.37. The number of fused-ring (bicyclic) bond motifs is 2. The second-order valence-corrected chi connectivity index (χ2v) is 14.0. The number of carbonyl (C=O) groups excluding carboxylic acids is 2. The van der Waals surface area contributed by atoms with Crippen LogP contribution in [0.15, 0.2) is 30.3 Å². The van der Waals surface area contributed by atoms with E-state index in [2.05, 4.69) is 16.0 Å². The Bertz CT molecular complexity index is 1380. The van der Waals surface area contributed by atoms with Gasteiger partial charge in [-0.3, -0.25) is 9.59 Å². The topological polar surface area (TPSA) is 111 Å². The normalized spacial score (nSPS) is 29.3. The maximum absolute atomic E-state index is 15.0. The molecule has 11 heteroatoms. The number of aliphatic hydroxyl groups excluding tert-OH is 2. The van der Waals surface area contributed by atoms with E-state index in [0.717, 1.165) is 6.42 Å². The van der Waals surface area contributed by atoms with Gasteiger partial charge in [0.2, 0.25) is 11.8 Å². The van der Waals surface area contributed by atoms with Crippen LogP contribution < -0.4 is 16.0 Å². The minimum absolute atomic E-state index is 0.137. The maximum atomic E-state index is 15.0. The third kappa shape index (κ3) is 5.66. The van der Waals surface area contributed by atoms with E-state index in [0.29, 0.717) is 49.0 Å². The van der Waals surface area contributed by atoms with Gasteiger partial charge in [0, 0.05) is 24.2 Å². The number of hydrogen-bond donors (Lipinski definition) is 5. The third-order valence-corrected chi connectivity index (χ3v) is 9.55. The zero-order valence-corrected chi connectivity index (χ0v) is 25.3. The summed E-state index contributed by atoms with van der Waals surface area (Å²) in [6.07, 6.45) is 1.46. The Labute approximate surface area is 254 Å². The number of amides is 2. The minimum atomic E-state index is -1.42. The molecule has 2 aromatic carbocycles. The lowest BCUT2D eigenvalue weighted by atomic mass is 9.62. The van der Waals surface area contributed by atoms with Crippen molar-refractivity contribution >= 4 is 40.7 Å². The van der Waals surface area contributed by atoms with Crippen molar-refractivity contribution < 1.29 is 28.6 Å². The van der Waals surface area contributed by atoms with Gasteiger partial charge in [0.05, 0.1) is 28.3 Å². The van der Waals surface area contributed by atoms with Gasteiger partial charge in [0.15, 0.2) is 0 Å². The van der Waals surface area contributed by atoms with Gasteiger partial charge >= 0.3 is 0 Å². The fraction of sp³-hybridized carbons (Fsp3) is 0.548. The smallest absolute Gasteiger partial charge is 0.237 e. The summed E-state index contributed by atoms with van der Waals surface area (Å²) >= 11 is 12.3. The zero-order valence-electron chi connectivity index (χ0n) is 23.8. The largest absolute Gasteiger partial charge is 0.390 e. The molecule has 1 saturated heterocycles. The molecule has 2 aromatic rings. The average Bonchev–Trinajstić information content (AvgIpc) is 3.50. The number of aliphatic hydroxyl groups is 2. The molecule has 2 heterocycles. The van der Waals surface area contributed by atoms with Gasteiger partial charge in [-0.1, -0.05) is 50.0 Å². The van der Waals surface area contributed by atoms with Gasteiger partial charge in [-0.15, -0.1) is 0 Å². The van der Waals surface area contributed by atoms with Crippen molar-refractivity contribution in [2.75, 3.05) is 11.9 Å². The van der Waals surface area contributed by atoms with E-state index in [1.165, 1.54) is 30.3 Å². The molecule has 2 aliphatic heterocycles. The Balaban J connectivity index is 1.52. The van der Waals surface area contributed by atoms with E-state index in [1.54, 1.807) is 0 Å². The highest BCUT2D eigenvalue weighted by Gasteiger charge is 2.66. The van der Waals surface area contributed by atoms with E-state index >= 15 is 4.39 Å². The minimum Gasteiger partial charge on any atom is -0.390 e. The van der Waals surface area contributed by atoms with E-state index in [9.17, 15) is 24.2 Å². The van der Waals surface area contributed by atoms with Crippen LogP contribution in [0.25, 0.3) is 0 Å². The van der Waals surface area contributed by atoms with Crippen molar-refractivity contribution in [3.63, 3.8) is 0 Å². The van der Waals surface area contributed by atoms with Crippen LogP contribution in [-0.4, -0.2) is 52.9 Å². The molecule has 7 nitrogen and oxygen atoms in total. The maximum Gasteiger partial charge on any atom is 0.237 e. The van der Waals surface area contributed by atoms with Gasteiger partial charge in [-0.25, -0.2) is 8.78 Å². The number of rotatable bonds is 7. The summed E-state index contributed by atoms with van der Waals surface area (Å²) < 4.78 is 29.3. The van der Waals surface area contributed by atoms with Crippen molar-refractivity contribution in [1.29, 1.82) is 0 Å². The summed E-state index contributed by atoms with van der Waals surface area (Å²) in [6.45, 7) is 6.41. The van der Waals surface area contributed by atoms with Gasteiger partial charge in [-0.05, 0) is 78.8 Å². The summed E-state index contributed by atoms with van der Waals surface area (Å²) in [5.41, 5.74) is -0.487. The number of hydrogen-bond acceptors (Lipinski definition) is 5. The van der Waals surface area contributed by atoms with Crippen LogP contribution >= 0.6 is 23.2 Å². The van der Waals surface area contributed by atoms with Crippen molar-refractivity contribution in [1.82, 2.24) is 10.6 Å². The van der Waals surface area contributed by atoms with Crippen LogP contribution in [0.4, 0.5) is 14.5 Å². The Kier molecular flexibility index (Phi) is 8.64. The number of halogens is 4. The van der Waals surface area contributed by atoms with E-state index < -0.39 is 53.2 Å². The van der Waals surface area contributed by atoms with E-state index in [-0.39, 0.29) is 27.3 Å². The van der Waals surface area contributed by atoms with Crippen molar-refractivity contribution in [2.45, 2.75) is 88.5 Å². The lowest BCUT2D eigenvalue weighted by Crippen LogP contribution is -2.49. The number of carbonyl (C=O) groups is 2. The lowest BCUT2D eigenvalue weighted by molar-refractivity contribution is -0.123. The molecule has 0 unspecified atom stereocenters. The van der Waals surface area contributed by atoms with Crippen LogP contribution in [0.1, 0.15) is 69.9 Å². The molecule has 2 amide bonds. The van der Waals surface area contributed by atoms with Gasteiger partial charge < -0.3 is 26.2 Å². The van der Waals surface area contributed by atoms with Gasteiger partial charge in [-0.2, -0.15) is 0 Å². The van der Waals surface area contributed by atoms with E-state index in [1.807, 2.05) is 20.8 Å². The third-order valence-electron chi connectivity index (χ3n) is 8.97. The predicted octanol–water partition coefficient (Wildman–Crippen LogP) is 5.05. The van der Waals surface area contributed by atoms with Crippen molar-refractivity contribution in [3.05, 3.63) is 63.1 Å². The van der Waals surface area contributed by atoms with Gasteiger partial charge in [0.1, 0.15) is 17.0 Å². The molecule has 1 saturated carbocycles. The molecular formula is C31H37Cl2F2N3O4. The molecule has 0 radical (unpaired) electrons. The highest BCUT2D eigenvalue weighted by Crippen LogP contribution is 2.57. The Morgan fingerprint density at radius 2 is 1.74 bits per heavy atom. The molecular weight excluding hydrogens is 587 g/mol. The van der Waals surface area contributed by atoms with Crippen LogP contribution in [0.2, 0.25) is 10.0 Å². The molecule has 228 valence electrons. The molecule has 2 fully saturated rings. The average molecular weight is 625 g/mol. The standard InChI is InChI=1S/C31H37Cl2F2N3O4/c1-30(2,3)14-25-31(17-12-21(35)19(33)13-22(17)37-29(31)42)26(16-6-7-20(34)18(32)11-16)27(38-25)28(41)36-8-4-5-15-9-23(39)24(40)10-15/h6-7,11-13,15,23-27,38-40H,4-5,8-10,14H2,1-3H3,(H,36,41)(H,37,42)/t23-,24-,25-,26+,27-,31+/m1/s1. The van der Waals surface area contributed by atoms with Crippen LogP contribution in [-0.2, 0) is 15.0 Å². The summed E-state index contributed by atoms with van der Waals surface area (Å²) in [5, 5.41) is 28.7. The Morgan fingerprint density at radius 3 is 2.38 bits per heavy atom. The van der Waals surface area contributed by atoms with Crippen LogP contribution in [0, 0.1) is 23.0 Å². The fourth-order valence-electron chi connectivity index (χ4n) is 7.18. The monoisotopic (exact) mass is 623 g/mol. The molecule has 1 spiro atoms. The fourth-order valence-corrected chi connectivity index (χ4v) is 7.53. The highest BCUT2D eigenvalue weighted by atomic mass is 35.5. The van der Waals surface area contributed by atoms with Crippen LogP contribution in [0.3, 0.4) is 0 Å². The summed E-state index contributed by atoms with van der Waals surface area (Å²) in [7, 11) is 0. The first-order chi connectivity index (χ1) is 19.7. The molecule has 3 aliphatic rings. The number of anilines is 1. The highest BCUT2D eigenvalue weighted by molar-refractivity contribution is 6.31. The van der Waals surface area contributed by atoms with E-state index in [4.69, 9.17) is 23.2 Å². The first kappa shape index (κ1) is 31.1. The molecule has 42 heavy (non-hydrogen) atoms. The molecule has 0 aromatic heterocycles. The molecule has 5 rings (SSSR count). The van der Waals surface area contributed by atoms with Crippen LogP contribution in [0.5, 0.6) is 0 Å². The second kappa shape index (κ2) is 11.7. The molecule has 1 aliphatic carbocycles. The van der Waals surface area contributed by atoms with Gasteiger partial charge in [0.25, 0.3) is 0 Å². The number of nitrogens with one attached hydrogen (secondary N) is 3. The molecule has 0 bridgehead atoms.